The largest absolute Gasteiger partial charge is 0.489 e. The molecule has 0 aromatic heterocycles. The van der Waals surface area contributed by atoms with Crippen LogP contribution in [-0.2, 0) is 18.0 Å². The highest BCUT2D eigenvalue weighted by Crippen LogP contribution is 2.38. The van der Waals surface area contributed by atoms with E-state index >= 15 is 0 Å². The van der Waals surface area contributed by atoms with Gasteiger partial charge in [0.2, 0.25) is 5.78 Å². The second kappa shape index (κ2) is 8.17. The lowest BCUT2D eigenvalue weighted by Gasteiger charge is -2.20. The summed E-state index contributed by atoms with van der Waals surface area (Å²) in [4.78, 5) is 12.8. The lowest BCUT2D eigenvalue weighted by Crippen LogP contribution is -2.12. The predicted octanol–water partition coefficient (Wildman–Crippen LogP) is 5.65. The molecule has 5 nitrogen and oxygen atoms in total. The van der Waals surface area contributed by atoms with Crippen molar-refractivity contribution in [1.82, 2.24) is 0 Å². The zero-order valence-electron chi connectivity index (χ0n) is 16.2. The molecule has 0 fully saturated rings. The third kappa shape index (κ3) is 4.06. The molecule has 0 N–H and O–H groups in total. The molecule has 0 radical (unpaired) electrons. The number of fused-ring (bicyclic) bond motifs is 2. The number of halogens is 2. The maximum Gasteiger partial charge on any atom is 0.231 e. The Balaban J connectivity index is 1.38. The van der Waals surface area contributed by atoms with Gasteiger partial charge >= 0.3 is 0 Å². The highest BCUT2D eigenvalue weighted by atomic mass is 79.9. The molecule has 0 saturated heterocycles. The molecule has 0 saturated carbocycles. The molecule has 0 atom stereocenters. The van der Waals surface area contributed by atoms with E-state index in [0.717, 1.165) is 15.6 Å². The van der Waals surface area contributed by atoms with E-state index in [1.807, 2.05) is 12.1 Å². The summed E-state index contributed by atoms with van der Waals surface area (Å²) in [7, 11) is 0. The van der Waals surface area contributed by atoms with Crippen LogP contribution < -0.4 is 14.2 Å². The molecule has 3 aromatic rings. The van der Waals surface area contributed by atoms with Gasteiger partial charge in [0.1, 0.15) is 29.7 Å². The number of ketones is 1. The van der Waals surface area contributed by atoms with Crippen molar-refractivity contribution in [2.75, 3.05) is 6.79 Å². The average molecular weight is 483 g/mol. The summed E-state index contributed by atoms with van der Waals surface area (Å²) in [6, 6.07) is 15.0. The fourth-order valence-corrected chi connectivity index (χ4v) is 4.03. The Kier molecular flexibility index (Phi) is 5.21. The van der Waals surface area contributed by atoms with Gasteiger partial charge in [-0.1, -0.05) is 28.1 Å². The molecule has 0 unspecified atom stereocenters. The van der Waals surface area contributed by atoms with Gasteiger partial charge < -0.3 is 18.9 Å². The van der Waals surface area contributed by atoms with Gasteiger partial charge in [0, 0.05) is 21.7 Å². The number of benzene rings is 3. The minimum atomic E-state index is -0.316. The van der Waals surface area contributed by atoms with E-state index in [1.165, 1.54) is 12.1 Å². The van der Waals surface area contributed by atoms with Gasteiger partial charge in [-0.05, 0) is 48.0 Å². The summed E-state index contributed by atoms with van der Waals surface area (Å²) in [5.41, 5.74) is 2.79. The van der Waals surface area contributed by atoms with Gasteiger partial charge in [0.05, 0.1) is 12.2 Å². The zero-order valence-corrected chi connectivity index (χ0v) is 17.8. The molecule has 0 spiro atoms. The van der Waals surface area contributed by atoms with Crippen LogP contribution in [0.15, 0.2) is 64.8 Å². The number of hydrogen-bond acceptors (Lipinski definition) is 5. The van der Waals surface area contributed by atoms with E-state index in [2.05, 4.69) is 15.9 Å². The fourth-order valence-electron chi connectivity index (χ4n) is 3.51. The van der Waals surface area contributed by atoms with E-state index in [1.54, 1.807) is 36.4 Å². The van der Waals surface area contributed by atoms with Crippen molar-refractivity contribution in [2.45, 2.75) is 13.2 Å². The van der Waals surface area contributed by atoms with Crippen molar-refractivity contribution in [3.63, 3.8) is 0 Å². The monoisotopic (exact) mass is 482 g/mol. The number of rotatable bonds is 4. The molecule has 2 aliphatic rings. The van der Waals surface area contributed by atoms with Crippen molar-refractivity contribution < 1.29 is 28.1 Å². The van der Waals surface area contributed by atoms with Crippen molar-refractivity contribution in [3.8, 4) is 17.2 Å². The highest BCUT2D eigenvalue weighted by molar-refractivity contribution is 9.10. The lowest BCUT2D eigenvalue weighted by molar-refractivity contribution is -0.0165. The van der Waals surface area contributed by atoms with Crippen LogP contribution in [0, 0.1) is 5.82 Å². The zero-order chi connectivity index (χ0) is 21.4. The van der Waals surface area contributed by atoms with Crippen molar-refractivity contribution in [1.29, 1.82) is 0 Å². The smallest absolute Gasteiger partial charge is 0.231 e. The van der Waals surface area contributed by atoms with Crippen LogP contribution in [0.1, 0.15) is 27.0 Å². The molecular weight excluding hydrogens is 467 g/mol. The molecular formula is C24H16BrFO5. The summed E-state index contributed by atoms with van der Waals surface area (Å²) in [6.45, 7) is 0.800. The van der Waals surface area contributed by atoms with Gasteiger partial charge in [-0.2, -0.15) is 0 Å². The van der Waals surface area contributed by atoms with E-state index < -0.39 is 0 Å². The summed E-state index contributed by atoms with van der Waals surface area (Å²) < 4.78 is 36.7. The normalized spacial score (nSPS) is 15.8. The molecule has 0 amide bonds. The maximum absolute atomic E-state index is 13.3. The quantitative estimate of drug-likeness (QED) is 0.449. The molecule has 0 bridgehead atoms. The first-order valence-corrected chi connectivity index (χ1v) is 10.3. The summed E-state index contributed by atoms with van der Waals surface area (Å²) in [5.74, 6) is 1.29. The van der Waals surface area contributed by atoms with Crippen molar-refractivity contribution in [2.24, 2.45) is 0 Å². The Morgan fingerprint density at radius 1 is 1.13 bits per heavy atom. The fraction of sp³-hybridized carbons (Fsp3) is 0.125. The van der Waals surface area contributed by atoms with Crippen LogP contribution in [0.5, 0.6) is 17.2 Å². The Hall–Kier alpha value is -3.16. The van der Waals surface area contributed by atoms with Gasteiger partial charge in [-0.25, -0.2) is 4.39 Å². The van der Waals surface area contributed by atoms with Crippen LogP contribution in [0.3, 0.4) is 0 Å². The van der Waals surface area contributed by atoms with E-state index in [-0.39, 0.29) is 30.8 Å². The van der Waals surface area contributed by atoms with Crippen LogP contribution in [0.4, 0.5) is 4.39 Å². The minimum Gasteiger partial charge on any atom is -0.489 e. The predicted molar refractivity (Wildman–Crippen MR) is 115 cm³/mol. The van der Waals surface area contributed by atoms with Crippen LogP contribution in [0.2, 0.25) is 0 Å². The first-order chi connectivity index (χ1) is 15.1. The van der Waals surface area contributed by atoms with E-state index in [0.29, 0.717) is 35.0 Å². The Morgan fingerprint density at radius 3 is 2.90 bits per heavy atom. The molecule has 5 rings (SSSR count). The van der Waals surface area contributed by atoms with Crippen LogP contribution >= 0.6 is 15.9 Å². The average Bonchev–Trinajstić information content (AvgIpc) is 3.07. The summed E-state index contributed by atoms with van der Waals surface area (Å²) in [6.07, 6.45) is 1.67. The number of allylic oxidation sites excluding steroid dienone is 1. The summed E-state index contributed by atoms with van der Waals surface area (Å²) >= 11 is 3.48. The van der Waals surface area contributed by atoms with Gasteiger partial charge in [-0.3, -0.25) is 4.79 Å². The van der Waals surface area contributed by atoms with Crippen LogP contribution in [0.25, 0.3) is 6.08 Å². The first-order valence-electron chi connectivity index (χ1n) is 9.55. The Morgan fingerprint density at radius 2 is 2.03 bits per heavy atom. The van der Waals surface area contributed by atoms with Crippen molar-refractivity contribution in [3.05, 3.63) is 92.9 Å². The number of carbonyl (C=O) groups excluding carboxylic acids is 1. The van der Waals surface area contributed by atoms with E-state index in [9.17, 15) is 9.18 Å². The molecule has 0 aliphatic carbocycles. The Labute approximate surface area is 186 Å². The van der Waals surface area contributed by atoms with Gasteiger partial charge in [0.15, 0.2) is 12.6 Å². The molecule has 2 aliphatic heterocycles. The number of ether oxygens (including phenoxy) is 4. The second-order valence-electron chi connectivity index (χ2n) is 7.11. The maximum atomic E-state index is 13.3. The molecule has 3 aromatic carbocycles. The number of Topliss-reactive ketones (excluding diaryl/α,β-unsaturated/α-hetero) is 1. The SMILES string of the molecule is O=C1/C(=C/c2cc(Br)cc3c2OCOC3)Oc2cc(OCc3cccc(F)c3)ccc21. The van der Waals surface area contributed by atoms with Crippen molar-refractivity contribution >= 4 is 27.8 Å². The number of carbonyl (C=O) groups is 1. The molecule has 31 heavy (non-hydrogen) atoms. The van der Waals surface area contributed by atoms with Crippen LogP contribution in [-0.4, -0.2) is 12.6 Å². The highest BCUT2D eigenvalue weighted by Gasteiger charge is 2.28. The van der Waals surface area contributed by atoms with Gasteiger partial charge in [0.25, 0.3) is 0 Å². The third-order valence-corrected chi connectivity index (χ3v) is 5.38. The first kappa shape index (κ1) is 19.8. The van der Waals surface area contributed by atoms with E-state index in [4.69, 9.17) is 18.9 Å². The minimum absolute atomic E-state index is 0.159. The standard InChI is InChI=1S/C24H16BrFO5/c25-17-7-15(24-16(8-17)12-28-13-30-24)9-22-23(27)20-5-4-19(10-21(20)31-22)29-11-14-2-1-3-18(26)6-14/h1-10H,11-13H2/b22-9-. The topological polar surface area (TPSA) is 54.0 Å². The van der Waals surface area contributed by atoms with Gasteiger partial charge in [-0.15, -0.1) is 0 Å². The second-order valence-corrected chi connectivity index (χ2v) is 8.03. The number of hydrogen-bond donors (Lipinski definition) is 0. The molecule has 156 valence electrons. The lowest BCUT2D eigenvalue weighted by atomic mass is 10.1. The molecule has 7 heteroatoms. The Bertz CT molecular complexity index is 1220. The summed E-state index contributed by atoms with van der Waals surface area (Å²) in [5, 5.41) is 0. The third-order valence-electron chi connectivity index (χ3n) is 4.93. The molecule has 2 heterocycles.